The van der Waals surface area contributed by atoms with Crippen LogP contribution in [0.3, 0.4) is 0 Å². The summed E-state index contributed by atoms with van der Waals surface area (Å²) in [6, 6.07) is 8.70. The van der Waals surface area contributed by atoms with Crippen molar-refractivity contribution in [2.24, 2.45) is 7.05 Å². The van der Waals surface area contributed by atoms with Gasteiger partial charge in [0.1, 0.15) is 0 Å². The zero-order chi connectivity index (χ0) is 11.0. The minimum atomic E-state index is 0.202. The molecule has 0 spiro atoms. The molecule has 1 aliphatic rings. The molecule has 0 aliphatic carbocycles. The summed E-state index contributed by atoms with van der Waals surface area (Å²) >= 11 is 0. The lowest BCUT2D eigenvalue weighted by molar-refractivity contribution is 0.0278. The van der Waals surface area contributed by atoms with E-state index in [1.807, 2.05) is 0 Å². The van der Waals surface area contributed by atoms with Crippen molar-refractivity contribution in [2.45, 2.75) is 6.10 Å². The van der Waals surface area contributed by atoms with E-state index in [9.17, 15) is 0 Å². The molecule has 1 unspecified atom stereocenters. The lowest BCUT2D eigenvalue weighted by atomic mass is 10.1. The van der Waals surface area contributed by atoms with Crippen molar-refractivity contribution in [1.29, 1.82) is 0 Å². The third-order valence-corrected chi connectivity index (χ3v) is 3.21. The lowest BCUT2D eigenvalue weighted by Gasteiger charge is -2.24. The maximum absolute atomic E-state index is 5.76. The number of aryl methyl sites for hydroxylation is 1. The van der Waals surface area contributed by atoms with Gasteiger partial charge >= 0.3 is 0 Å². The van der Waals surface area contributed by atoms with Gasteiger partial charge in [0.25, 0.3) is 0 Å². The maximum atomic E-state index is 5.76. The van der Waals surface area contributed by atoms with Crippen molar-refractivity contribution < 1.29 is 4.74 Å². The number of rotatable bonds is 1. The first-order valence-corrected chi connectivity index (χ1v) is 5.72. The fourth-order valence-corrected chi connectivity index (χ4v) is 2.26. The first kappa shape index (κ1) is 9.87. The number of morpholine rings is 1. The Kier molecular flexibility index (Phi) is 2.42. The highest BCUT2D eigenvalue weighted by Gasteiger charge is 2.15. The van der Waals surface area contributed by atoms with Crippen LogP contribution in [0.4, 0.5) is 0 Å². The van der Waals surface area contributed by atoms with Crippen molar-refractivity contribution >= 4 is 10.9 Å². The minimum absolute atomic E-state index is 0.202. The number of aromatic nitrogens is 1. The van der Waals surface area contributed by atoms with Crippen LogP contribution in [0.5, 0.6) is 0 Å². The molecule has 0 amide bonds. The van der Waals surface area contributed by atoms with Gasteiger partial charge in [-0.2, -0.15) is 0 Å². The highest BCUT2D eigenvalue weighted by Crippen LogP contribution is 2.23. The van der Waals surface area contributed by atoms with Gasteiger partial charge in [-0.25, -0.2) is 0 Å². The highest BCUT2D eigenvalue weighted by molar-refractivity contribution is 5.80. The molecule has 0 radical (unpaired) electrons. The predicted octanol–water partition coefficient (Wildman–Crippen LogP) is 1.84. The van der Waals surface area contributed by atoms with Crippen LogP contribution >= 0.6 is 0 Å². The van der Waals surface area contributed by atoms with E-state index in [0.717, 1.165) is 19.7 Å². The Balaban J connectivity index is 1.99. The lowest BCUT2D eigenvalue weighted by Crippen LogP contribution is -2.33. The average molecular weight is 216 g/mol. The largest absolute Gasteiger partial charge is 0.371 e. The van der Waals surface area contributed by atoms with Crippen molar-refractivity contribution in [3.63, 3.8) is 0 Å². The second kappa shape index (κ2) is 3.92. The van der Waals surface area contributed by atoms with E-state index in [0.29, 0.717) is 0 Å². The fraction of sp³-hybridized carbons (Fsp3) is 0.385. The molecule has 3 nitrogen and oxygen atoms in total. The summed E-state index contributed by atoms with van der Waals surface area (Å²) in [7, 11) is 2.08. The molecule has 1 aromatic carbocycles. The quantitative estimate of drug-likeness (QED) is 0.787. The van der Waals surface area contributed by atoms with Crippen LogP contribution in [0.15, 0.2) is 30.5 Å². The number of ether oxygens (including phenoxy) is 1. The number of nitrogens with zero attached hydrogens (tertiary/aromatic N) is 1. The number of fused-ring (bicyclic) bond motifs is 1. The molecular formula is C13H16N2O. The van der Waals surface area contributed by atoms with Crippen LogP contribution in [0, 0.1) is 0 Å². The van der Waals surface area contributed by atoms with Gasteiger partial charge in [-0.15, -0.1) is 0 Å². The zero-order valence-electron chi connectivity index (χ0n) is 9.44. The summed E-state index contributed by atoms with van der Waals surface area (Å²) < 4.78 is 7.91. The third kappa shape index (κ3) is 1.62. The summed E-state index contributed by atoms with van der Waals surface area (Å²) in [5.74, 6) is 0. The monoisotopic (exact) mass is 216 g/mol. The van der Waals surface area contributed by atoms with Crippen molar-refractivity contribution in [1.82, 2.24) is 9.88 Å². The van der Waals surface area contributed by atoms with Crippen LogP contribution in [0.1, 0.15) is 11.7 Å². The molecular weight excluding hydrogens is 200 g/mol. The SMILES string of the molecule is Cn1ccc2ccc(C3CNCCO3)cc21. The van der Waals surface area contributed by atoms with Gasteiger partial charge in [-0.1, -0.05) is 12.1 Å². The molecule has 0 bridgehead atoms. The maximum Gasteiger partial charge on any atom is 0.0950 e. The molecule has 1 saturated heterocycles. The van der Waals surface area contributed by atoms with E-state index in [1.54, 1.807) is 0 Å². The van der Waals surface area contributed by atoms with Gasteiger partial charge in [0, 0.05) is 31.9 Å². The first-order chi connectivity index (χ1) is 7.84. The molecule has 1 aliphatic heterocycles. The van der Waals surface area contributed by atoms with Gasteiger partial charge in [0.05, 0.1) is 12.7 Å². The van der Waals surface area contributed by atoms with Gasteiger partial charge < -0.3 is 14.6 Å². The highest BCUT2D eigenvalue weighted by atomic mass is 16.5. The smallest absolute Gasteiger partial charge is 0.0950 e. The van der Waals surface area contributed by atoms with Crippen LogP contribution in [-0.2, 0) is 11.8 Å². The standard InChI is InChI=1S/C13H16N2O/c1-15-6-4-10-2-3-11(8-12(10)15)13-9-14-5-7-16-13/h2-4,6,8,13-14H,5,7,9H2,1H3. The van der Waals surface area contributed by atoms with Gasteiger partial charge in [-0.3, -0.25) is 0 Å². The Labute approximate surface area is 95.0 Å². The molecule has 3 rings (SSSR count). The van der Waals surface area contributed by atoms with Crippen LogP contribution in [0.25, 0.3) is 10.9 Å². The summed E-state index contributed by atoms with van der Waals surface area (Å²) in [5.41, 5.74) is 2.54. The molecule has 16 heavy (non-hydrogen) atoms. The Morgan fingerprint density at radius 1 is 1.38 bits per heavy atom. The van der Waals surface area contributed by atoms with E-state index >= 15 is 0 Å². The van der Waals surface area contributed by atoms with Crippen molar-refractivity contribution in [3.05, 3.63) is 36.0 Å². The molecule has 1 N–H and O–H groups in total. The first-order valence-electron chi connectivity index (χ1n) is 5.72. The predicted molar refractivity (Wildman–Crippen MR) is 64.5 cm³/mol. The molecule has 1 fully saturated rings. The molecule has 1 aromatic heterocycles. The Hall–Kier alpha value is -1.32. The number of hydrogen-bond acceptors (Lipinski definition) is 2. The van der Waals surface area contributed by atoms with E-state index in [2.05, 4.69) is 47.4 Å². The second-order valence-electron chi connectivity index (χ2n) is 4.31. The van der Waals surface area contributed by atoms with Gasteiger partial charge in [0.2, 0.25) is 0 Å². The van der Waals surface area contributed by atoms with Crippen molar-refractivity contribution in [2.75, 3.05) is 19.7 Å². The number of benzene rings is 1. The summed E-state index contributed by atoms with van der Waals surface area (Å²) in [6.07, 6.45) is 2.29. The van der Waals surface area contributed by atoms with Crippen molar-refractivity contribution in [3.8, 4) is 0 Å². The molecule has 84 valence electrons. The number of hydrogen-bond donors (Lipinski definition) is 1. The van der Waals surface area contributed by atoms with Crippen LogP contribution < -0.4 is 5.32 Å². The molecule has 3 heteroatoms. The summed E-state index contributed by atoms with van der Waals surface area (Å²) in [4.78, 5) is 0. The Morgan fingerprint density at radius 3 is 3.12 bits per heavy atom. The van der Waals surface area contributed by atoms with Crippen LogP contribution in [-0.4, -0.2) is 24.3 Å². The Morgan fingerprint density at radius 2 is 2.31 bits per heavy atom. The summed E-state index contributed by atoms with van der Waals surface area (Å²) in [5, 5.41) is 4.65. The van der Waals surface area contributed by atoms with E-state index in [4.69, 9.17) is 4.74 Å². The topological polar surface area (TPSA) is 26.2 Å². The van der Waals surface area contributed by atoms with E-state index in [1.165, 1.54) is 16.5 Å². The van der Waals surface area contributed by atoms with Crippen LogP contribution in [0.2, 0.25) is 0 Å². The molecule has 2 aromatic rings. The third-order valence-electron chi connectivity index (χ3n) is 3.21. The molecule has 0 saturated carbocycles. The normalized spacial score (nSPS) is 21.4. The van der Waals surface area contributed by atoms with E-state index in [-0.39, 0.29) is 6.10 Å². The fourth-order valence-electron chi connectivity index (χ4n) is 2.26. The molecule has 2 heterocycles. The van der Waals surface area contributed by atoms with E-state index < -0.39 is 0 Å². The minimum Gasteiger partial charge on any atom is -0.371 e. The Bertz CT molecular complexity index is 498. The second-order valence-corrected chi connectivity index (χ2v) is 4.31. The van der Waals surface area contributed by atoms with Gasteiger partial charge in [-0.05, 0) is 23.1 Å². The van der Waals surface area contributed by atoms with Gasteiger partial charge in [0.15, 0.2) is 0 Å². The zero-order valence-corrected chi connectivity index (χ0v) is 9.44. The summed E-state index contributed by atoms with van der Waals surface area (Å²) in [6.45, 7) is 2.68. The molecule has 1 atom stereocenters. The average Bonchev–Trinajstić information content (AvgIpc) is 2.72. The number of nitrogens with one attached hydrogen (secondary N) is 1.